The van der Waals surface area contributed by atoms with Crippen molar-refractivity contribution in [1.82, 2.24) is 15.1 Å². The van der Waals surface area contributed by atoms with Crippen molar-refractivity contribution < 1.29 is 9.59 Å². The minimum atomic E-state index is -0.0653. The first-order chi connectivity index (χ1) is 9.69. The van der Waals surface area contributed by atoms with Gasteiger partial charge in [-0.25, -0.2) is 4.79 Å². The average molecular weight is 296 g/mol. The van der Waals surface area contributed by atoms with E-state index in [2.05, 4.69) is 5.32 Å². The quantitative estimate of drug-likeness (QED) is 0.853. The van der Waals surface area contributed by atoms with Gasteiger partial charge in [0.05, 0.1) is 0 Å². The summed E-state index contributed by atoms with van der Waals surface area (Å²) in [5.41, 5.74) is 1.14. The molecule has 3 amide bonds. The minimum absolute atomic E-state index is 0.0653. The zero-order valence-corrected chi connectivity index (χ0v) is 12.0. The standard InChI is InChI=1S/C14H18ClN3O2/c15-13-3-1-12(2-4-13)5-6-16-14(20)18-9-7-17(11-19)8-10-18/h1-4,11H,5-10H2,(H,16,20). The second-order valence-corrected chi connectivity index (χ2v) is 5.17. The lowest BCUT2D eigenvalue weighted by Crippen LogP contribution is -2.51. The van der Waals surface area contributed by atoms with Crippen LogP contribution in [0.15, 0.2) is 24.3 Å². The number of nitrogens with zero attached hydrogens (tertiary/aromatic N) is 2. The van der Waals surface area contributed by atoms with E-state index in [9.17, 15) is 9.59 Å². The molecule has 1 aliphatic heterocycles. The van der Waals surface area contributed by atoms with Gasteiger partial charge in [0.15, 0.2) is 0 Å². The molecule has 20 heavy (non-hydrogen) atoms. The summed E-state index contributed by atoms with van der Waals surface area (Å²) in [6, 6.07) is 7.54. The highest BCUT2D eigenvalue weighted by Gasteiger charge is 2.19. The van der Waals surface area contributed by atoms with Gasteiger partial charge in [0, 0.05) is 37.7 Å². The molecule has 1 N–H and O–H groups in total. The third-order valence-corrected chi connectivity index (χ3v) is 3.61. The fourth-order valence-electron chi connectivity index (χ4n) is 2.11. The number of carbonyl (C=O) groups excluding carboxylic acids is 2. The molecule has 0 aromatic heterocycles. The summed E-state index contributed by atoms with van der Waals surface area (Å²) in [6.07, 6.45) is 1.60. The number of rotatable bonds is 4. The molecule has 2 rings (SSSR count). The smallest absolute Gasteiger partial charge is 0.317 e. The van der Waals surface area contributed by atoms with E-state index in [4.69, 9.17) is 11.6 Å². The Morgan fingerprint density at radius 1 is 1.20 bits per heavy atom. The summed E-state index contributed by atoms with van der Waals surface area (Å²) in [6.45, 7) is 2.98. The second kappa shape index (κ2) is 7.14. The van der Waals surface area contributed by atoms with Crippen LogP contribution in [0.1, 0.15) is 5.56 Å². The first-order valence-electron chi connectivity index (χ1n) is 6.65. The molecule has 108 valence electrons. The third-order valence-electron chi connectivity index (χ3n) is 3.35. The molecule has 5 nitrogen and oxygen atoms in total. The maximum absolute atomic E-state index is 11.9. The molecule has 0 bridgehead atoms. The summed E-state index contributed by atoms with van der Waals surface area (Å²) in [5.74, 6) is 0. The van der Waals surface area contributed by atoms with E-state index in [-0.39, 0.29) is 6.03 Å². The van der Waals surface area contributed by atoms with Gasteiger partial charge in [-0.1, -0.05) is 23.7 Å². The molecule has 1 aliphatic rings. The van der Waals surface area contributed by atoms with E-state index in [1.165, 1.54) is 0 Å². The summed E-state index contributed by atoms with van der Waals surface area (Å²) >= 11 is 5.82. The SMILES string of the molecule is O=CN1CCN(C(=O)NCCc2ccc(Cl)cc2)CC1. The molecule has 1 aromatic rings. The highest BCUT2D eigenvalue weighted by molar-refractivity contribution is 6.30. The number of hydrogen-bond acceptors (Lipinski definition) is 2. The van der Waals surface area contributed by atoms with Gasteiger partial charge in [0.25, 0.3) is 0 Å². The number of nitrogens with one attached hydrogen (secondary N) is 1. The van der Waals surface area contributed by atoms with E-state index in [0.717, 1.165) is 18.4 Å². The lowest BCUT2D eigenvalue weighted by atomic mass is 10.1. The maximum atomic E-state index is 11.9. The lowest BCUT2D eigenvalue weighted by Gasteiger charge is -2.32. The highest BCUT2D eigenvalue weighted by Crippen LogP contribution is 2.09. The van der Waals surface area contributed by atoms with Crippen LogP contribution >= 0.6 is 11.6 Å². The van der Waals surface area contributed by atoms with E-state index < -0.39 is 0 Å². The van der Waals surface area contributed by atoms with Crippen LogP contribution in [-0.2, 0) is 11.2 Å². The topological polar surface area (TPSA) is 52.7 Å². The summed E-state index contributed by atoms with van der Waals surface area (Å²) in [5, 5.41) is 3.61. The van der Waals surface area contributed by atoms with Gasteiger partial charge in [-0.3, -0.25) is 4.79 Å². The van der Waals surface area contributed by atoms with E-state index in [1.807, 2.05) is 24.3 Å². The lowest BCUT2D eigenvalue weighted by molar-refractivity contribution is -0.119. The number of carbonyl (C=O) groups is 2. The molecule has 0 radical (unpaired) electrons. The molecule has 0 saturated carbocycles. The normalized spacial score (nSPS) is 15.1. The van der Waals surface area contributed by atoms with Crippen LogP contribution in [0.25, 0.3) is 0 Å². The Labute approximate surface area is 123 Å². The van der Waals surface area contributed by atoms with E-state index in [1.54, 1.807) is 9.80 Å². The first kappa shape index (κ1) is 14.7. The van der Waals surface area contributed by atoms with Crippen LogP contribution < -0.4 is 5.32 Å². The monoisotopic (exact) mass is 295 g/mol. The molecule has 0 atom stereocenters. The Kier molecular flexibility index (Phi) is 5.24. The van der Waals surface area contributed by atoms with Crippen molar-refractivity contribution in [3.05, 3.63) is 34.9 Å². The van der Waals surface area contributed by atoms with Crippen LogP contribution in [0.2, 0.25) is 5.02 Å². The predicted octanol–water partition coefficient (Wildman–Crippen LogP) is 1.37. The van der Waals surface area contributed by atoms with Crippen molar-refractivity contribution in [2.24, 2.45) is 0 Å². The van der Waals surface area contributed by atoms with Gasteiger partial charge in [-0.2, -0.15) is 0 Å². The van der Waals surface area contributed by atoms with Gasteiger partial charge < -0.3 is 15.1 Å². The largest absolute Gasteiger partial charge is 0.342 e. The van der Waals surface area contributed by atoms with Gasteiger partial charge in [-0.05, 0) is 24.1 Å². The summed E-state index contributed by atoms with van der Waals surface area (Å²) < 4.78 is 0. The van der Waals surface area contributed by atoms with Gasteiger partial charge in [0.1, 0.15) is 0 Å². The van der Waals surface area contributed by atoms with Crippen molar-refractivity contribution in [3.8, 4) is 0 Å². The minimum Gasteiger partial charge on any atom is -0.342 e. The Hall–Kier alpha value is -1.75. The van der Waals surface area contributed by atoms with Crippen LogP contribution in [-0.4, -0.2) is 55.0 Å². The average Bonchev–Trinajstić information content (AvgIpc) is 2.49. The molecule has 1 aromatic carbocycles. The van der Waals surface area contributed by atoms with Crippen molar-refractivity contribution in [2.45, 2.75) is 6.42 Å². The number of hydrogen-bond donors (Lipinski definition) is 1. The van der Waals surface area contributed by atoms with Gasteiger partial charge in [-0.15, -0.1) is 0 Å². The summed E-state index contributed by atoms with van der Waals surface area (Å²) in [7, 11) is 0. The number of piperazine rings is 1. The van der Waals surface area contributed by atoms with Crippen molar-refractivity contribution in [2.75, 3.05) is 32.7 Å². The van der Waals surface area contributed by atoms with Crippen molar-refractivity contribution in [3.63, 3.8) is 0 Å². The predicted molar refractivity (Wildman–Crippen MR) is 77.8 cm³/mol. The van der Waals surface area contributed by atoms with Gasteiger partial charge >= 0.3 is 6.03 Å². The Bertz CT molecular complexity index is 456. The van der Waals surface area contributed by atoms with Crippen LogP contribution in [0.4, 0.5) is 4.79 Å². The van der Waals surface area contributed by atoms with Crippen LogP contribution in [0, 0.1) is 0 Å². The summed E-state index contributed by atoms with van der Waals surface area (Å²) in [4.78, 5) is 25.9. The molecule has 0 spiro atoms. The Morgan fingerprint density at radius 3 is 2.45 bits per heavy atom. The van der Waals surface area contributed by atoms with Crippen LogP contribution in [0.5, 0.6) is 0 Å². The second-order valence-electron chi connectivity index (χ2n) is 4.74. The third kappa shape index (κ3) is 4.13. The fraction of sp³-hybridized carbons (Fsp3) is 0.429. The Balaban J connectivity index is 1.70. The van der Waals surface area contributed by atoms with Crippen LogP contribution in [0.3, 0.4) is 0 Å². The van der Waals surface area contributed by atoms with Crippen molar-refractivity contribution >= 4 is 24.0 Å². The molecule has 0 aliphatic carbocycles. The number of halogens is 1. The Morgan fingerprint density at radius 2 is 1.85 bits per heavy atom. The molecule has 1 heterocycles. The highest BCUT2D eigenvalue weighted by atomic mass is 35.5. The van der Waals surface area contributed by atoms with E-state index in [0.29, 0.717) is 37.7 Å². The fourth-order valence-corrected chi connectivity index (χ4v) is 2.23. The number of urea groups is 1. The van der Waals surface area contributed by atoms with Crippen molar-refractivity contribution in [1.29, 1.82) is 0 Å². The molecule has 1 fully saturated rings. The first-order valence-corrected chi connectivity index (χ1v) is 7.03. The molecule has 0 unspecified atom stereocenters. The maximum Gasteiger partial charge on any atom is 0.317 e. The van der Waals surface area contributed by atoms with Gasteiger partial charge in [0.2, 0.25) is 6.41 Å². The molecular formula is C14H18ClN3O2. The molecule has 1 saturated heterocycles. The number of benzene rings is 1. The zero-order chi connectivity index (χ0) is 14.4. The molecule has 6 heteroatoms. The molecular weight excluding hydrogens is 278 g/mol. The van der Waals surface area contributed by atoms with E-state index >= 15 is 0 Å². The zero-order valence-electron chi connectivity index (χ0n) is 11.2. The number of amides is 3.